The summed E-state index contributed by atoms with van der Waals surface area (Å²) in [7, 11) is 4.09. The number of fused-ring (bicyclic) bond motifs is 1. The second-order valence-electron chi connectivity index (χ2n) is 5.17. The fraction of sp³-hybridized carbons (Fsp3) is 0.462. The maximum Gasteiger partial charge on any atom is 0.270 e. The van der Waals surface area contributed by atoms with E-state index in [-0.39, 0.29) is 5.91 Å². The largest absolute Gasteiger partial charge is 0.443 e. The van der Waals surface area contributed by atoms with Crippen LogP contribution in [0.3, 0.4) is 0 Å². The van der Waals surface area contributed by atoms with Gasteiger partial charge in [-0.15, -0.1) is 0 Å². The summed E-state index contributed by atoms with van der Waals surface area (Å²) in [6, 6.07) is 3.84. The molecule has 1 aliphatic rings. The molecule has 1 saturated heterocycles. The molecule has 1 fully saturated rings. The molecule has 1 N–H and O–H groups in total. The average Bonchev–Trinajstić information content (AvgIpc) is 3.00. The smallest absolute Gasteiger partial charge is 0.270 e. The first-order chi connectivity index (χ1) is 9.04. The summed E-state index contributed by atoms with van der Waals surface area (Å²) >= 11 is 5.75. The van der Waals surface area contributed by atoms with Crippen molar-refractivity contribution >= 4 is 28.6 Å². The number of nitrogens with one attached hydrogen (secondary N) is 1. The summed E-state index contributed by atoms with van der Waals surface area (Å²) in [6.45, 7) is 1.57. The highest BCUT2D eigenvalue weighted by Gasteiger charge is 2.29. The van der Waals surface area contributed by atoms with Crippen molar-refractivity contribution in [3.05, 3.63) is 23.0 Å². The summed E-state index contributed by atoms with van der Waals surface area (Å²) in [5, 5.41) is 0.328. The Bertz CT molecular complexity index is 585. The molecule has 102 valence electrons. The number of carbonyl (C=O) groups is 1. The lowest BCUT2D eigenvalue weighted by Crippen LogP contribution is -2.34. The number of hydrogen-bond acceptors (Lipinski definition) is 3. The molecule has 3 rings (SSSR count). The Morgan fingerprint density at radius 1 is 1.53 bits per heavy atom. The lowest BCUT2D eigenvalue weighted by molar-refractivity contribution is 0.0778. The average molecular weight is 282 g/mol. The Kier molecular flexibility index (Phi) is 3.03. The van der Waals surface area contributed by atoms with Crippen LogP contribution in [0, 0.1) is 0 Å². The van der Waals surface area contributed by atoms with Gasteiger partial charge in [0.15, 0.2) is 10.8 Å². The molecule has 1 atom stereocenters. The van der Waals surface area contributed by atoms with Crippen molar-refractivity contribution in [3.8, 4) is 0 Å². The number of hydrogen-bond donors (Lipinski definition) is 1. The zero-order valence-corrected chi connectivity index (χ0v) is 11.7. The van der Waals surface area contributed by atoms with Gasteiger partial charge >= 0.3 is 0 Å². The number of amides is 1. The van der Waals surface area contributed by atoms with E-state index in [9.17, 15) is 4.79 Å². The Morgan fingerprint density at radius 3 is 2.95 bits per heavy atom. The van der Waals surface area contributed by atoms with Gasteiger partial charge < -0.3 is 19.2 Å². The van der Waals surface area contributed by atoms with E-state index < -0.39 is 0 Å². The fourth-order valence-corrected chi connectivity index (χ4v) is 2.72. The van der Waals surface area contributed by atoms with Crippen LogP contribution in [0.25, 0.3) is 11.1 Å². The van der Waals surface area contributed by atoms with Gasteiger partial charge in [0.25, 0.3) is 5.91 Å². The van der Waals surface area contributed by atoms with Crippen LogP contribution >= 0.6 is 11.6 Å². The van der Waals surface area contributed by atoms with Crippen molar-refractivity contribution in [1.82, 2.24) is 14.8 Å². The van der Waals surface area contributed by atoms with Crippen molar-refractivity contribution in [3.63, 3.8) is 0 Å². The normalized spacial score (nSPS) is 19.8. The number of H-pyrrole nitrogens is 1. The molecule has 1 amide bonds. The summed E-state index contributed by atoms with van der Waals surface area (Å²) in [4.78, 5) is 19.5. The first kappa shape index (κ1) is 12.6. The van der Waals surface area contributed by atoms with Gasteiger partial charge in [-0.3, -0.25) is 4.79 Å². The molecular formula is C13H16ClN3O2. The van der Waals surface area contributed by atoms with E-state index in [0.717, 1.165) is 25.0 Å². The number of carbonyl (C=O) groups excluding carboxylic acids is 1. The van der Waals surface area contributed by atoms with Crippen LogP contribution in [0.2, 0.25) is 5.22 Å². The van der Waals surface area contributed by atoms with Crippen molar-refractivity contribution in [2.75, 3.05) is 27.2 Å². The zero-order valence-electron chi connectivity index (χ0n) is 10.9. The molecule has 6 heteroatoms. The summed E-state index contributed by atoms with van der Waals surface area (Å²) in [6.07, 6.45) is 1.02. The standard InChI is InChI=1S/C13H16ClN3O2/c1-16(2)8-3-4-17(7-8)13(18)10-5-11-9(15-10)6-12(14)19-11/h5-6,8,15H,3-4,7H2,1-2H3. The van der Waals surface area contributed by atoms with E-state index in [1.54, 1.807) is 12.1 Å². The van der Waals surface area contributed by atoms with Gasteiger partial charge in [0, 0.05) is 31.3 Å². The van der Waals surface area contributed by atoms with Gasteiger partial charge in [0.1, 0.15) is 5.69 Å². The third-order valence-electron chi connectivity index (χ3n) is 3.69. The van der Waals surface area contributed by atoms with Crippen LogP contribution < -0.4 is 0 Å². The molecule has 0 radical (unpaired) electrons. The first-order valence-corrected chi connectivity index (χ1v) is 6.66. The van der Waals surface area contributed by atoms with E-state index in [0.29, 0.717) is 22.5 Å². The SMILES string of the molecule is CN(C)C1CCN(C(=O)c2cc3oc(Cl)cc3[nH]2)C1. The van der Waals surface area contributed by atoms with Crippen molar-refractivity contribution in [2.45, 2.75) is 12.5 Å². The van der Waals surface area contributed by atoms with Crippen molar-refractivity contribution in [1.29, 1.82) is 0 Å². The fourth-order valence-electron chi connectivity index (χ4n) is 2.52. The van der Waals surface area contributed by atoms with E-state index in [2.05, 4.69) is 9.88 Å². The third-order valence-corrected chi connectivity index (χ3v) is 3.87. The predicted octanol–water partition coefficient (Wildman–Crippen LogP) is 2.19. The lowest BCUT2D eigenvalue weighted by Gasteiger charge is -2.20. The first-order valence-electron chi connectivity index (χ1n) is 6.28. The second-order valence-corrected chi connectivity index (χ2v) is 5.54. The van der Waals surface area contributed by atoms with Gasteiger partial charge in [-0.05, 0) is 32.1 Å². The maximum atomic E-state index is 12.4. The van der Waals surface area contributed by atoms with Crippen LogP contribution in [-0.2, 0) is 0 Å². The molecule has 2 aromatic heterocycles. The van der Waals surface area contributed by atoms with Gasteiger partial charge in [-0.1, -0.05) is 0 Å². The summed E-state index contributed by atoms with van der Waals surface area (Å²) in [5.41, 5.74) is 1.94. The van der Waals surface area contributed by atoms with Crippen molar-refractivity contribution < 1.29 is 9.21 Å². The molecule has 0 saturated carbocycles. The number of aromatic nitrogens is 1. The topological polar surface area (TPSA) is 52.5 Å². The number of likely N-dealkylation sites (N-methyl/N-ethyl adjacent to an activating group) is 1. The highest BCUT2D eigenvalue weighted by Crippen LogP contribution is 2.24. The number of likely N-dealkylation sites (tertiary alicyclic amines) is 1. The maximum absolute atomic E-state index is 12.4. The third kappa shape index (κ3) is 2.24. The minimum atomic E-state index is 0.0203. The number of furan rings is 1. The molecule has 2 aromatic rings. The molecule has 1 unspecified atom stereocenters. The predicted molar refractivity (Wildman–Crippen MR) is 73.6 cm³/mol. The van der Waals surface area contributed by atoms with Crippen LogP contribution in [0.5, 0.6) is 0 Å². The molecule has 0 aromatic carbocycles. The zero-order chi connectivity index (χ0) is 13.6. The number of aromatic amines is 1. The number of nitrogens with zero attached hydrogens (tertiary/aromatic N) is 2. The van der Waals surface area contributed by atoms with Crippen LogP contribution in [-0.4, -0.2) is 53.9 Å². The molecular weight excluding hydrogens is 266 g/mol. The monoisotopic (exact) mass is 281 g/mol. The van der Waals surface area contributed by atoms with Crippen LogP contribution in [0.4, 0.5) is 0 Å². The Morgan fingerprint density at radius 2 is 2.32 bits per heavy atom. The second kappa shape index (κ2) is 4.58. The molecule has 1 aliphatic heterocycles. The minimum Gasteiger partial charge on any atom is -0.443 e. The van der Waals surface area contributed by atoms with E-state index in [1.165, 1.54) is 0 Å². The van der Waals surface area contributed by atoms with Gasteiger partial charge in [-0.25, -0.2) is 0 Å². The highest BCUT2D eigenvalue weighted by molar-refractivity contribution is 6.29. The van der Waals surface area contributed by atoms with Crippen molar-refractivity contribution in [2.24, 2.45) is 0 Å². The van der Waals surface area contributed by atoms with Gasteiger partial charge in [-0.2, -0.15) is 0 Å². The molecule has 5 nitrogen and oxygen atoms in total. The van der Waals surface area contributed by atoms with E-state index in [4.69, 9.17) is 16.0 Å². The Balaban J connectivity index is 1.78. The molecule has 19 heavy (non-hydrogen) atoms. The molecule has 0 bridgehead atoms. The van der Waals surface area contributed by atoms with Gasteiger partial charge in [0.05, 0.1) is 5.52 Å². The number of rotatable bonds is 2. The van der Waals surface area contributed by atoms with E-state index >= 15 is 0 Å². The molecule has 0 aliphatic carbocycles. The van der Waals surface area contributed by atoms with Crippen LogP contribution in [0.15, 0.2) is 16.5 Å². The molecule has 3 heterocycles. The molecule has 0 spiro atoms. The van der Waals surface area contributed by atoms with Gasteiger partial charge in [0.2, 0.25) is 0 Å². The van der Waals surface area contributed by atoms with Crippen LogP contribution in [0.1, 0.15) is 16.9 Å². The lowest BCUT2D eigenvalue weighted by atomic mass is 10.2. The van der Waals surface area contributed by atoms with E-state index in [1.807, 2.05) is 19.0 Å². The number of halogens is 1. The minimum absolute atomic E-state index is 0.0203. The quantitative estimate of drug-likeness (QED) is 0.918. The summed E-state index contributed by atoms with van der Waals surface area (Å²) in [5.74, 6) is 0.0203. The summed E-state index contributed by atoms with van der Waals surface area (Å²) < 4.78 is 5.28. The Labute approximate surface area is 116 Å². The Hall–Kier alpha value is -1.46. The highest BCUT2D eigenvalue weighted by atomic mass is 35.5.